The van der Waals surface area contributed by atoms with Gasteiger partial charge in [0, 0.05) is 38.4 Å². The van der Waals surface area contributed by atoms with Crippen LogP contribution in [0.25, 0.3) is 71.7 Å². The molecule has 42 heavy (non-hydrogen) atoms. The maximum Gasteiger partial charge on any atom is 0.143 e. The SMILES string of the molecule is N#Cc1cccc(C#N)c1-c1ccc2c(c1)c1cc(-c3cccc4c3oc3ccccc34)ccc1n2-c1ccccc1. The van der Waals surface area contributed by atoms with Crippen molar-refractivity contribution in [2.24, 2.45) is 0 Å². The van der Waals surface area contributed by atoms with Crippen molar-refractivity contribution in [2.45, 2.75) is 0 Å². The van der Waals surface area contributed by atoms with Crippen molar-refractivity contribution in [2.75, 3.05) is 0 Å². The third kappa shape index (κ3) is 3.47. The summed E-state index contributed by atoms with van der Waals surface area (Å²) >= 11 is 0. The molecule has 8 rings (SSSR count). The lowest BCUT2D eigenvalue weighted by atomic mass is 9.94. The Morgan fingerprint density at radius 2 is 1.14 bits per heavy atom. The fourth-order valence-corrected chi connectivity index (χ4v) is 6.23. The zero-order valence-electron chi connectivity index (χ0n) is 22.4. The summed E-state index contributed by atoms with van der Waals surface area (Å²) in [5.41, 5.74) is 9.48. The van der Waals surface area contributed by atoms with E-state index in [1.165, 1.54) is 0 Å². The van der Waals surface area contributed by atoms with Gasteiger partial charge in [-0.05, 0) is 65.7 Å². The third-order valence-electron chi connectivity index (χ3n) is 8.09. The Bertz CT molecular complexity index is 2400. The van der Waals surface area contributed by atoms with Gasteiger partial charge in [-0.1, -0.05) is 72.8 Å². The summed E-state index contributed by atoms with van der Waals surface area (Å²) in [6.07, 6.45) is 0. The molecule has 0 radical (unpaired) electrons. The number of furan rings is 1. The van der Waals surface area contributed by atoms with Crippen LogP contribution in [0.3, 0.4) is 0 Å². The molecule has 2 heterocycles. The largest absolute Gasteiger partial charge is 0.455 e. The molecule has 0 amide bonds. The van der Waals surface area contributed by atoms with Crippen LogP contribution in [-0.4, -0.2) is 4.57 Å². The van der Waals surface area contributed by atoms with Gasteiger partial charge in [-0.3, -0.25) is 0 Å². The van der Waals surface area contributed by atoms with Gasteiger partial charge in [-0.25, -0.2) is 0 Å². The van der Waals surface area contributed by atoms with Crippen LogP contribution < -0.4 is 0 Å². The van der Waals surface area contributed by atoms with E-state index in [0.717, 1.165) is 66.1 Å². The first-order valence-corrected chi connectivity index (χ1v) is 13.7. The van der Waals surface area contributed by atoms with E-state index in [2.05, 4.69) is 83.4 Å². The van der Waals surface area contributed by atoms with Gasteiger partial charge in [0.2, 0.25) is 0 Å². The van der Waals surface area contributed by atoms with E-state index >= 15 is 0 Å². The molecule has 0 aliphatic rings. The minimum Gasteiger partial charge on any atom is -0.455 e. The van der Waals surface area contributed by atoms with Crippen LogP contribution in [0, 0.1) is 22.7 Å². The summed E-state index contributed by atoms with van der Waals surface area (Å²) in [5.74, 6) is 0. The fourth-order valence-electron chi connectivity index (χ4n) is 6.23. The highest BCUT2D eigenvalue weighted by Crippen LogP contribution is 2.40. The van der Waals surface area contributed by atoms with Gasteiger partial charge in [0.05, 0.1) is 34.3 Å². The van der Waals surface area contributed by atoms with Crippen LogP contribution in [0.5, 0.6) is 0 Å². The van der Waals surface area contributed by atoms with E-state index < -0.39 is 0 Å². The van der Waals surface area contributed by atoms with Gasteiger partial charge in [-0.2, -0.15) is 10.5 Å². The summed E-state index contributed by atoms with van der Waals surface area (Å²) in [4.78, 5) is 0. The van der Waals surface area contributed by atoms with Crippen molar-refractivity contribution in [3.8, 4) is 40.1 Å². The number of hydrogen-bond acceptors (Lipinski definition) is 3. The lowest BCUT2D eigenvalue weighted by molar-refractivity contribution is 0.670. The second-order valence-electron chi connectivity index (χ2n) is 10.4. The molecular weight excluding hydrogens is 514 g/mol. The van der Waals surface area contributed by atoms with Gasteiger partial charge in [0.25, 0.3) is 0 Å². The topological polar surface area (TPSA) is 65.7 Å². The van der Waals surface area contributed by atoms with Gasteiger partial charge in [0.1, 0.15) is 11.2 Å². The Morgan fingerprint density at radius 1 is 0.524 bits per heavy atom. The van der Waals surface area contributed by atoms with Crippen molar-refractivity contribution < 1.29 is 4.42 Å². The molecule has 0 spiro atoms. The van der Waals surface area contributed by atoms with Crippen LogP contribution in [0.4, 0.5) is 0 Å². The minimum absolute atomic E-state index is 0.484. The first-order chi connectivity index (χ1) is 20.7. The molecule has 4 nitrogen and oxygen atoms in total. The first-order valence-electron chi connectivity index (χ1n) is 13.7. The number of benzene rings is 6. The summed E-state index contributed by atoms with van der Waals surface area (Å²) in [7, 11) is 0. The molecule has 0 atom stereocenters. The Kier molecular flexibility index (Phi) is 5.22. The lowest BCUT2D eigenvalue weighted by Crippen LogP contribution is -1.93. The van der Waals surface area contributed by atoms with Crippen LogP contribution >= 0.6 is 0 Å². The molecule has 0 unspecified atom stereocenters. The van der Waals surface area contributed by atoms with Gasteiger partial charge < -0.3 is 8.98 Å². The monoisotopic (exact) mass is 535 g/mol. The predicted molar refractivity (Wildman–Crippen MR) is 168 cm³/mol. The van der Waals surface area contributed by atoms with E-state index in [1.54, 1.807) is 18.2 Å². The van der Waals surface area contributed by atoms with E-state index in [-0.39, 0.29) is 0 Å². The molecule has 0 saturated heterocycles. The fraction of sp³-hybridized carbons (Fsp3) is 0. The molecule has 0 aliphatic carbocycles. The van der Waals surface area contributed by atoms with Crippen molar-refractivity contribution in [1.29, 1.82) is 10.5 Å². The van der Waals surface area contributed by atoms with Crippen molar-refractivity contribution >= 4 is 43.7 Å². The Morgan fingerprint density at radius 3 is 1.88 bits per heavy atom. The molecule has 0 fully saturated rings. The minimum atomic E-state index is 0.484. The van der Waals surface area contributed by atoms with E-state index in [0.29, 0.717) is 16.7 Å². The molecule has 6 aromatic carbocycles. The Labute approximate surface area is 241 Å². The number of para-hydroxylation sites is 3. The average molecular weight is 536 g/mol. The second kappa shape index (κ2) is 9.24. The first kappa shape index (κ1) is 23.8. The zero-order chi connectivity index (χ0) is 28.2. The molecule has 0 saturated carbocycles. The summed E-state index contributed by atoms with van der Waals surface area (Å²) < 4.78 is 8.64. The van der Waals surface area contributed by atoms with Crippen LogP contribution in [0.2, 0.25) is 0 Å². The molecule has 2 aromatic heterocycles. The maximum atomic E-state index is 9.87. The highest BCUT2D eigenvalue weighted by atomic mass is 16.3. The van der Waals surface area contributed by atoms with E-state index in [1.807, 2.05) is 42.5 Å². The number of rotatable bonds is 3. The van der Waals surface area contributed by atoms with Crippen molar-refractivity contribution in [3.63, 3.8) is 0 Å². The maximum absolute atomic E-state index is 9.87. The molecule has 4 heteroatoms. The predicted octanol–water partition coefficient (Wildman–Crippen LogP) is 9.76. The quantitative estimate of drug-likeness (QED) is 0.226. The number of nitriles is 2. The van der Waals surface area contributed by atoms with E-state index in [4.69, 9.17) is 4.42 Å². The number of nitrogens with zero attached hydrogens (tertiary/aromatic N) is 3. The number of hydrogen-bond donors (Lipinski definition) is 0. The van der Waals surface area contributed by atoms with Crippen molar-refractivity contribution in [1.82, 2.24) is 4.57 Å². The van der Waals surface area contributed by atoms with Crippen molar-refractivity contribution in [3.05, 3.63) is 139 Å². The second-order valence-corrected chi connectivity index (χ2v) is 10.4. The molecule has 8 aromatic rings. The number of aromatic nitrogens is 1. The van der Waals surface area contributed by atoms with Gasteiger partial charge in [-0.15, -0.1) is 0 Å². The molecule has 0 bridgehead atoms. The highest BCUT2D eigenvalue weighted by molar-refractivity contribution is 6.14. The highest BCUT2D eigenvalue weighted by Gasteiger charge is 2.18. The normalized spacial score (nSPS) is 11.3. The third-order valence-corrected chi connectivity index (χ3v) is 8.09. The lowest BCUT2D eigenvalue weighted by Gasteiger charge is -2.09. The van der Waals surface area contributed by atoms with Gasteiger partial charge >= 0.3 is 0 Å². The summed E-state index contributed by atoms with van der Waals surface area (Å²) in [6, 6.07) is 47.3. The molecule has 0 aliphatic heterocycles. The van der Waals surface area contributed by atoms with Crippen LogP contribution in [0.1, 0.15) is 11.1 Å². The average Bonchev–Trinajstić information content (AvgIpc) is 3.60. The van der Waals surface area contributed by atoms with Gasteiger partial charge in [0.15, 0.2) is 0 Å². The summed E-state index contributed by atoms with van der Waals surface area (Å²) in [6.45, 7) is 0. The smallest absolute Gasteiger partial charge is 0.143 e. The van der Waals surface area contributed by atoms with Crippen LogP contribution in [-0.2, 0) is 0 Å². The Hall–Kier alpha value is -6.10. The Balaban J connectivity index is 1.44. The van der Waals surface area contributed by atoms with Crippen LogP contribution in [0.15, 0.2) is 132 Å². The molecule has 0 N–H and O–H groups in total. The summed E-state index contributed by atoms with van der Waals surface area (Å²) in [5, 5.41) is 24.0. The van der Waals surface area contributed by atoms with E-state index in [9.17, 15) is 10.5 Å². The number of fused-ring (bicyclic) bond motifs is 6. The molecule has 194 valence electrons. The molecular formula is C38H21N3O. The zero-order valence-corrected chi connectivity index (χ0v) is 22.4. The standard InChI is InChI=1S/C38H21N3O/c39-22-26-8-6-9-27(23-40)37(26)25-17-19-35-33(21-25)32-20-24(16-18-34(32)41(35)28-10-2-1-3-11-28)29-13-7-14-31-30-12-4-5-15-36(30)42-38(29)31/h1-21H.